The van der Waals surface area contributed by atoms with Gasteiger partial charge in [-0.2, -0.15) is 0 Å². The molecular weight excluding hydrogens is 445 g/mol. The fraction of sp³-hybridized carbons (Fsp3) is 0.0385. The minimum absolute atomic E-state index is 0. The van der Waals surface area contributed by atoms with Gasteiger partial charge < -0.3 is 13.9 Å². The van der Waals surface area contributed by atoms with E-state index in [1.54, 1.807) is 30.3 Å². The molecule has 0 fully saturated rings. The maximum absolute atomic E-state index is 12.0. The molecule has 5 nitrogen and oxygen atoms in total. The standard InChI is InChI=1S/C26H19NO4S.Na/c1-27(17-7-3-2-4-8-17)18-11-13-20-23(15-18)31-24-16-19(28)12-14-21(24)26(20)22-9-5-6-10-25(22)32(29)30;/h2-16H,1H3,(H,29,30);/q;+1/p-1. The van der Waals surface area contributed by atoms with Crippen LogP contribution in [-0.2, 0) is 11.1 Å². The SMILES string of the molecule is CN(c1ccccc1)c1ccc2c(-c3ccccc3S(=O)[O-])c3ccc(=O)cc-3oc2c1.[Na+]. The van der Waals surface area contributed by atoms with E-state index >= 15 is 0 Å². The van der Waals surface area contributed by atoms with Gasteiger partial charge >= 0.3 is 29.6 Å². The van der Waals surface area contributed by atoms with Gasteiger partial charge in [-0.15, -0.1) is 0 Å². The zero-order valence-electron chi connectivity index (χ0n) is 18.1. The largest absolute Gasteiger partial charge is 1.00 e. The average molecular weight is 463 g/mol. The molecule has 0 aromatic heterocycles. The monoisotopic (exact) mass is 463 g/mol. The first-order valence-electron chi connectivity index (χ1n) is 10.0. The van der Waals surface area contributed by atoms with E-state index in [1.165, 1.54) is 12.1 Å². The van der Waals surface area contributed by atoms with E-state index in [0.717, 1.165) is 22.3 Å². The van der Waals surface area contributed by atoms with E-state index in [1.807, 2.05) is 60.5 Å². The minimum atomic E-state index is -2.42. The molecule has 2 aliphatic rings. The second-order valence-corrected chi connectivity index (χ2v) is 8.35. The molecule has 0 bridgehead atoms. The summed E-state index contributed by atoms with van der Waals surface area (Å²) < 4.78 is 30.0. The van der Waals surface area contributed by atoms with Crippen LogP contribution < -0.4 is 39.9 Å². The molecule has 1 atom stereocenters. The van der Waals surface area contributed by atoms with Crippen LogP contribution in [0.3, 0.4) is 0 Å². The van der Waals surface area contributed by atoms with Crippen LogP contribution in [0, 0.1) is 0 Å². The molecule has 1 aliphatic heterocycles. The average Bonchev–Trinajstić information content (AvgIpc) is 2.82. The molecule has 3 aromatic rings. The topological polar surface area (TPSA) is 73.6 Å². The van der Waals surface area contributed by atoms with E-state index in [4.69, 9.17) is 4.42 Å². The van der Waals surface area contributed by atoms with Crippen molar-refractivity contribution in [2.75, 3.05) is 11.9 Å². The Morgan fingerprint density at radius 2 is 1.55 bits per heavy atom. The van der Waals surface area contributed by atoms with Crippen molar-refractivity contribution in [3.05, 3.63) is 101 Å². The van der Waals surface area contributed by atoms with Crippen molar-refractivity contribution in [1.82, 2.24) is 0 Å². The molecule has 1 heterocycles. The number of para-hydroxylation sites is 1. The molecule has 7 heteroatoms. The number of fused-ring (bicyclic) bond motifs is 2. The Hall–Kier alpha value is -2.74. The number of hydrogen-bond acceptors (Lipinski definition) is 5. The Balaban J connectivity index is 0.00000259. The zero-order chi connectivity index (χ0) is 22.2. The molecule has 0 saturated heterocycles. The van der Waals surface area contributed by atoms with E-state index in [0.29, 0.717) is 22.5 Å². The maximum atomic E-state index is 12.0. The van der Waals surface area contributed by atoms with Crippen molar-refractivity contribution in [2.45, 2.75) is 4.90 Å². The maximum Gasteiger partial charge on any atom is 1.00 e. The third-order valence-corrected chi connectivity index (χ3v) is 6.26. The summed E-state index contributed by atoms with van der Waals surface area (Å²) in [5.41, 5.74) is 4.26. The fourth-order valence-electron chi connectivity index (χ4n) is 3.98. The van der Waals surface area contributed by atoms with Crippen LogP contribution in [0.2, 0.25) is 0 Å². The van der Waals surface area contributed by atoms with Crippen molar-refractivity contribution in [1.29, 1.82) is 0 Å². The molecule has 33 heavy (non-hydrogen) atoms. The van der Waals surface area contributed by atoms with Crippen LogP contribution in [0.1, 0.15) is 0 Å². The van der Waals surface area contributed by atoms with Crippen LogP contribution in [-0.4, -0.2) is 15.8 Å². The number of benzene rings is 4. The van der Waals surface area contributed by atoms with Crippen molar-refractivity contribution in [2.24, 2.45) is 0 Å². The van der Waals surface area contributed by atoms with Gasteiger partial charge in [0.05, 0.1) is 0 Å². The Morgan fingerprint density at radius 3 is 2.30 bits per heavy atom. The van der Waals surface area contributed by atoms with Crippen LogP contribution in [0.5, 0.6) is 0 Å². The van der Waals surface area contributed by atoms with Gasteiger partial charge in [0.15, 0.2) is 5.43 Å². The first-order valence-corrected chi connectivity index (χ1v) is 11.1. The predicted octanol–water partition coefficient (Wildman–Crippen LogP) is 2.57. The molecule has 5 rings (SSSR count). The number of nitrogens with zero attached hydrogens (tertiary/aromatic N) is 1. The summed E-state index contributed by atoms with van der Waals surface area (Å²) in [6.07, 6.45) is 0. The van der Waals surface area contributed by atoms with Crippen molar-refractivity contribution >= 4 is 33.4 Å². The van der Waals surface area contributed by atoms with Gasteiger partial charge in [0.25, 0.3) is 0 Å². The molecule has 0 N–H and O–H groups in total. The summed E-state index contributed by atoms with van der Waals surface area (Å²) in [5.74, 6) is 0.408. The molecule has 3 aromatic carbocycles. The summed E-state index contributed by atoms with van der Waals surface area (Å²) in [4.78, 5) is 14.3. The van der Waals surface area contributed by atoms with E-state index in [9.17, 15) is 13.6 Å². The van der Waals surface area contributed by atoms with Crippen molar-refractivity contribution in [3.63, 3.8) is 0 Å². The first-order chi connectivity index (χ1) is 15.5. The molecule has 0 amide bonds. The number of hydrogen-bond donors (Lipinski definition) is 0. The van der Waals surface area contributed by atoms with Crippen LogP contribution >= 0.6 is 0 Å². The predicted molar refractivity (Wildman–Crippen MR) is 126 cm³/mol. The van der Waals surface area contributed by atoms with Crippen LogP contribution in [0.4, 0.5) is 11.4 Å². The molecule has 1 unspecified atom stereocenters. The Morgan fingerprint density at radius 1 is 0.818 bits per heavy atom. The van der Waals surface area contributed by atoms with Gasteiger partial charge in [-0.25, -0.2) is 0 Å². The fourth-order valence-corrected chi connectivity index (χ4v) is 4.52. The third-order valence-electron chi connectivity index (χ3n) is 5.54. The molecular formula is C26H18NNaO4S. The molecule has 0 spiro atoms. The van der Waals surface area contributed by atoms with Crippen LogP contribution in [0.25, 0.3) is 33.4 Å². The van der Waals surface area contributed by atoms with E-state index in [-0.39, 0.29) is 39.9 Å². The molecule has 1 aliphatic carbocycles. The van der Waals surface area contributed by atoms with Crippen LogP contribution in [0.15, 0.2) is 105 Å². The molecule has 0 radical (unpaired) electrons. The van der Waals surface area contributed by atoms with Crippen molar-refractivity contribution in [3.8, 4) is 22.5 Å². The minimum Gasteiger partial charge on any atom is -0.768 e. The normalized spacial score (nSPS) is 11.8. The van der Waals surface area contributed by atoms with Gasteiger partial charge in [0, 0.05) is 52.0 Å². The van der Waals surface area contributed by atoms with Gasteiger partial charge in [-0.1, -0.05) is 36.4 Å². The Bertz CT molecular complexity index is 1500. The first kappa shape index (κ1) is 23.4. The quantitative estimate of drug-likeness (QED) is 0.233. The van der Waals surface area contributed by atoms with E-state index < -0.39 is 11.1 Å². The van der Waals surface area contributed by atoms with Gasteiger partial charge in [-0.05, 0) is 59.1 Å². The summed E-state index contributed by atoms with van der Waals surface area (Å²) in [6.45, 7) is 0. The van der Waals surface area contributed by atoms with Gasteiger partial charge in [-0.3, -0.25) is 9.00 Å². The number of anilines is 2. The second-order valence-electron chi connectivity index (χ2n) is 7.44. The zero-order valence-corrected chi connectivity index (χ0v) is 21.0. The van der Waals surface area contributed by atoms with Crippen molar-refractivity contribution < 1.29 is 42.7 Å². The second kappa shape index (κ2) is 9.63. The summed E-state index contributed by atoms with van der Waals surface area (Å²) in [5, 5.41) is 0.763. The smallest absolute Gasteiger partial charge is 0.768 e. The van der Waals surface area contributed by atoms with E-state index in [2.05, 4.69) is 0 Å². The third kappa shape index (κ3) is 4.40. The Kier molecular flexibility index (Phi) is 6.83. The van der Waals surface area contributed by atoms with Gasteiger partial charge in [0.1, 0.15) is 11.3 Å². The molecule has 158 valence electrons. The summed E-state index contributed by atoms with van der Waals surface area (Å²) in [7, 11) is 1.96. The summed E-state index contributed by atoms with van der Waals surface area (Å²) >= 11 is -2.42. The molecule has 0 saturated carbocycles. The Labute approximate surface area is 215 Å². The van der Waals surface area contributed by atoms with Gasteiger partial charge in [0.2, 0.25) is 0 Å². The number of rotatable bonds is 4. The summed E-state index contributed by atoms with van der Waals surface area (Å²) in [6, 6.07) is 27.1.